The predicted octanol–water partition coefficient (Wildman–Crippen LogP) is 6.94. The van der Waals surface area contributed by atoms with Gasteiger partial charge < -0.3 is 4.74 Å². The highest BCUT2D eigenvalue weighted by molar-refractivity contribution is 5.27. The van der Waals surface area contributed by atoms with Gasteiger partial charge in [0.2, 0.25) is 0 Å². The van der Waals surface area contributed by atoms with Crippen LogP contribution in [0.4, 0.5) is 4.39 Å². The van der Waals surface area contributed by atoms with Gasteiger partial charge in [0.25, 0.3) is 0 Å². The van der Waals surface area contributed by atoms with Gasteiger partial charge in [-0.25, -0.2) is 4.39 Å². The molecular formula is C23H33FO. The zero-order valence-electron chi connectivity index (χ0n) is 15.7. The quantitative estimate of drug-likeness (QED) is 0.330. The first-order valence-electron chi connectivity index (χ1n) is 9.86. The molecule has 0 heterocycles. The second kappa shape index (κ2) is 11.3. The van der Waals surface area contributed by atoms with E-state index >= 15 is 0 Å². The standard InChI is InChI=1S/C23H33FO/c1-3-5-7-9-19-10-13-21(14-11-19)22-15-12-20(17-23(22)24)18-25-16-8-6-4-2/h4-5,7,12,15,17,19,21H,2-3,6,8-11,13-14,16,18H2,1H3/b7-5+/t19-,21-. The number of ether oxygens (including phenoxy) is 1. The average molecular weight is 345 g/mol. The second-order valence-corrected chi connectivity index (χ2v) is 7.17. The molecule has 0 aliphatic heterocycles. The van der Waals surface area contributed by atoms with Gasteiger partial charge in [-0.1, -0.05) is 37.3 Å². The molecule has 2 heteroatoms. The number of benzene rings is 1. The fraction of sp³-hybridized carbons (Fsp3) is 0.565. The number of unbranched alkanes of at least 4 members (excludes halogenated alkanes) is 1. The van der Waals surface area contributed by atoms with Crippen molar-refractivity contribution < 1.29 is 9.13 Å². The maximum Gasteiger partial charge on any atom is 0.127 e. The molecule has 0 atom stereocenters. The predicted molar refractivity (Wildman–Crippen MR) is 104 cm³/mol. The summed E-state index contributed by atoms with van der Waals surface area (Å²) in [5.74, 6) is 1.11. The number of hydrogen-bond acceptors (Lipinski definition) is 1. The molecule has 1 aliphatic rings. The maximum atomic E-state index is 14.5. The molecule has 1 aliphatic carbocycles. The Morgan fingerprint density at radius 2 is 2.00 bits per heavy atom. The first kappa shape index (κ1) is 19.9. The number of rotatable bonds is 10. The van der Waals surface area contributed by atoms with E-state index in [0.29, 0.717) is 19.1 Å². The Balaban J connectivity index is 1.80. The first-order chi connectivity index (χ1) is 12.2. The van der Waals surface area contributed by atoms with Crippen molar-refractivity contribution in [3.63, 3.8) is 0 Å². The zero-order valence-corrected chi connectivity index (χ0v) is 15.7. The molecule has 2 rings (SSSR count). The van der Waals surface area contributed by atoms with Crippen LogP contribution in [-0.2, 0) is 11.3 Å². The smallest absolute Gasteiger partial charge is 0.127 e. The van der Waals surface area contributed by atoms with E-state index in [1.807, 2.05) is 18.2 Å². The lowest BCUT2D eigenvalue weighted by molar-refractivity contribution is 0.119. The molecule has 1 fully saturated rings. The van der Waals surface area contributed by atoms with Crippen molar-refractivity contribution in [2.45, 2.75) is 70.8 Å². The van der Waals surface area contributed by atoms with E-state index in [4.69, 9.17) is 4.74 Å². The molecule has 1 aromatic rings. The second-order valence-electron chi connectivity index (χ2n) is 7.17. The van der Waals surface area contributed by atoms with Crippen LogP contribution in [-0.4, -0.2) is 6.61 Å². The van der Waals surface area contributed by atoms with Crippen LogP contribution < -0.4 is 0 Å². The molecule has 25 heavy (non-hydrogen) atoms. The highest BCUT2D eigenvalue weighted by Gasteiger charge is 2.23. The Morgan fingerprint density at radius 1 is 1.20 bits per heavy atom. The lowest BCUT2D eigenvalue weighted by Gasteiger charge is -2.28. The summed E-state index contributed by atoms with van der Waals surface area (Å²) in [5, 5.41) is 0. The van der Waals surface area contributed by atoms with Crippen LogP contribution >= 0.6 is 0 Å². The topological polar surface area (TPSA) is 9.23 Å². The van der Waals surface area contributed by atoms with Crippen LogP contribution in [0.2, 0.25) is 0 Å². The largest absolute Gasteiger partial charge is 0.377 e. The molecule has 0 saturated heterocycles. The summed E-state index contributed by atoms with van der Waals surface area (Å²) in [7, 11) is 0. The monoisotopic (exact) mass is 344 g/mol. The van der Waals surface area contributed by atoms with Crippen LogP contribution in [0.15, 0.2) is 43.0 Å². The molecule has 0 aromatic heterocycles. The Morgan fingerprint density at radius 3 is 2.68 bits per heavy atom. The van der Waals surface area contributed by atoms with Crippen LogP contribution in [0, 0.1) is 11.7 Å². The molecule has 1 aromatic carbocycles. The fourth-order valence-electron chi connectivity index (χ4n) is 3.68. The Kier molecular flexibility index (Phi) is 8.96. The van der Waals surface area contributed by atoms with E-state index in [0.717, 1.165) is 49.1 Å². The fourth-order valence-corrected chi connectivity index (χ4v) is 3.68. The third kappa shape index (κ3) is 6.78. The Labute approximate surface area is 153 Å². The number of allylic oxidation sites excluding steroid dienone is 3. The number of halogens is 1. The highest BCUT2D eigenvalue weighted by atomic mass is 19.1. The van der Waals surface area contributed by atoms with E-state index in [9.17, 15) is 4.39 Å². The van der Waals surface area contributed by atoms with Gasteiger partial charge in [-0.15, -0.1) is 6.58 Å². The van der Waals surface area contributed by atoms with Gasteiger partial charge in [0.15, 0.2) is 0 Å². The minimum Gasteiger partial charge on any atom is -0.377 e. The van der Waals surface area contributed by atoms with Gasteiger partial charge in [0.1, 0.15) is 5.82 Å². The van der Waals surface area contributed by atoms with Gasteiger partial charge in [0, 0.05) is 6.61 Å². The van der Waals surface area contributed by atoms with Crippen molar-refractivity contribution in [1.82, 2.24) is 0 Å². The normalized spacial score (nSPS) is 20.9. The lowest BCUT2D eigenvalue weighted by Crippen LogP contribution is -2.14. The molecule has 1 saturated carbocycles. The van der Waals surface area contributed by atoms with Gasteiger partial charge >= 0.3 is 0 Å². The summed E-state index contributed by atoms with van der Waals surface area (Å²) >= 11 is 0. The SMILES string of the molecule is C=CCCCOCc1ccc([C@H]2CC[C@H](C/C=C/CC)CC2)c(F)c1. The van der Waals surface area contributed by atoms with Gasteiger partial charge in [0.05, 0.1) is 6.61 Å². The minimum atomic E-state index is -0.0541. The molecule has 0 bridgehead atoms. The third-order valence-electron chi connectivity index (χ3n) is 5.19. The Bertz CT molecular complexity index is 541. The van der Waals surface area contributed by atoms with E-state index in [1.165, 1.54) is 19.3 Å². The molecule has 0 N–H and O–H groups in total. The minimum absolute atomic E-state index is 0.0541. The van der Waals surface area contributed by atoms with E-state index in [1.54, 1.807) is 6.07 Å². The summed E-state index contributed by atoms with van der Waals surface area (Å²) < 4.78 is 20.1. The van der Waals surface area contributed by atoms with Crippen LogP contribution in [0.25, 0.3) is 0 Å². The van der Waals surface area contributed by atoms with Crippen molar-refractivity contribution in [2.75, 3.05) is 6.61 Å². The molecule has 138 valence electrons. The summed E-state index contributed by atoms with van der Waals surface area (Å²) in [5.41, 5.74) is 1.83. The van der Waals surface area contributed by atoms with Crippen molar-refractivity contribution in [2.24, 2.45) is 5.92 Å². The maximum absolute atomic E-state index is 14.5. The van der Waals surface area contributed by atoms with Crippen LogP contribution in [0.3, 0.4) is 0 Å². The van der Waals surface area contributed by atoms with Crippen LogP contribution in [0.1, 0.15) is 75.3 Å². The molecule has 0 unspecified atom stereocenters. The Hall–Kier alpha value is -1.41. The van der Waals surface area contributed by atoms with Crippen molar-refractivity contribution in [3.8, 4) is 0 Å². The van der Waals surface area contributed by atoms with Gasteiger partial charge in [-0.3, -0.25) is 0 Å². The van der Waals surface area contributed by atoms with Crippen molar-refractivity contribution >= 4 is 0 Å². The lowest BCUT2D eigenvalue weighted by atomic mass is 9.77. The third-order valence-corrected chi connectivity index (χ3v) is 5.19. The summed E-state index contributed by atoms with van der Waals surface area (Å²) in [4.78, 5) is 0. The summed E-state index contributed by atoms with van der Waals surface area (Å²) in [6.45, 7) is 7.06. The molecule has 0 amide bonds. The van der Waals surface area contributed by atoms with Gasteiger partial charge in [-0.2, -0.15) is 0 Å². The number of hydrogen-bond donors (Lipinski definition) is 0. The zero-order chi connectivity index (χ0) is 17.9. The van der Waals surface area contributed by atoms with E-state index < -0.39 is 0 Å². The average Bonchev–Trinajstić information content (AvgIpc) is 2.63. The van der Waals surface area contributed by atoms with E-state index in [-0.39, 0.29) is 5.82 Å². The molecule has 1 nitrogen and oxygen atoms in total. The molecular weight excluding hydrogens is 311 g/mol. The highest BCUT2D eigenvalue weighted by Crippen LogP contribution is 2.38. The first-order valence-corrected chi connectivity index (χ1v) is 9.86. The van der Waals surface area contributed by atoms with Crippen molar-refractivity contribution in [1.29, 1.82) is 0 Å². The molecule has 0 radical (unpaired) electrons. The summed E-state index contributed by atoms with van der Waals surface area (Å²) in [6.07, 6.45) is 15.4. The molecule has 0 spiro atoms. The van der Waals surface area contributed by atoms with Crippen LogP contribution in [0.5, 0.6) is 0 Å². The van der Waals surface area contributed by atoms with E-state index in [2.05, 4.69) is 25.7 Å². The van der Waals surface area contributed by atoms with Gasteiger partial charge in [-0.05, 0) is 80.4 Å². The summed E-state index contributed by atoms with van der Waals surface area (Å²) in [6, 6.07) is 5.68. The van der Waals surface area contributed by atoms with Crippen molar-refractivity contribution in [3.05, 3.63) is 60.0 Å².